The minimum Gasteiger partial charge on any atom is -0.379 e. The number of morpholine rings is 1. The summed E-state index contributed by atoms with van der Waals surface area (Å²) in [6, 6.07) is 23.3. The molecule has 1 saturated heterocycles. The SMILES string of the molecule is O=C(Cn1c2ccccc2c(=O)c2ccccc21)NCc1cccc(CN2CCOCC2)c1. The fourth-order valence-corrected chi connectivity index (χ4v) is 4.50. The van der Waals surface area contributed by atoms with Gasteiger partial charge in [0.05, 0.1) is 24.2 Å². The Hall–Kier alpha value is -3.48. The third-order valence-electron chi connectivity index (χ3n) is 6.17. The zero-order valence-corrected chi connectivity index (χ0v) is 18.5. The average Bonchev–Trinajstić information content (AvgIpc) is 2.86. The molecule has 0 unspecified atom stereocenters. The second kappa shape index (κ2) is 9.57. The molecule has 1 aliphatic heterocycles. The molecule has 6 heteroatoms. The Labute approximate surface area is 192 Å². The lowest BCUT2D eigenvalue weighted by Crippen LogP contribution is -2.35. The number of amides is 1. The maximum absolute atomic E-state index is 12.9. The molecule has 0 radical (unpaired) electrons. The van der Waals surface area contributed by atoms with Gasteiger partial charge >= 0.3 is 0 Å². The van der Waals surface area contributed by atoms with Crippen molar-refractivity contribution in [2.24, 2.45) is 0 Å². The topological polar surface area (TPSA) is 63.6 Å². The zero-order valence-electron chi connectivity index (χ0n) is 18.5. The Balaban J connectivity index is 1.32. The van der Waals surface area contributed by atoms with Crippen molar-refractivity contribution in [2.45, 2.75) is 19.6 Å². The van der Waals surface area contributed by atoms with E-state index < -0.39 is 0 Å². The van der Waals surface area contributed by atoms with Crippen LogP contribution in [-0.2, 0) is 29.2 Å². The summed E-state index contributed by atoms with van der Waals surface area (Å²) < 4.78 is 7.35. The summed E-state index contributed by atoms with van der Waals surface area (Å²) in [5, 5.41) is 4.30. The number of pyridine rings is 1. The van der Waals surface area contributed by atoms with Crippen LogP contribution in [0.3, 0.4) is 0 Å². The average molecular weight is 442 g/mol. The lowest BCUT2D eigenvalue weighted by atomic mass is 10.1. The molecule has 168 valence electrons. The highest BCUT2D eigenvalue weighted by molar-refractivity contribution is 5.94. The van der Waals surface area contributed by atoms with Crippen LogP contribution in [0.25, 0.3) is 21.8 Å². The predicted octanol–water partition coefficient (Wildman–Crippen LogP) is 3.30. The van der Waals surface area contributed by atoms with Gasteiger partial charge in [-0.1, -0.05) is 48.5 Å². The molecule has 4 aromatic rings. The smallest absolute Gasteiger partial charge is 0.240 e. The molecule has 3 aromatic carbocycles. The Morgan fingerprint density at radius 1 is 0.848 bits per heavy atom. The highest BCUT2D eigenvalue weighted by atomic mass is 16.5. The van der Waals surface area contributed by atoms with Crippen LogP contribution in [0, 0.1) is 0 Å². The summed E-state index contributed by atoms with van der Waals surface area (Å²) in [7, 11) is 0. The standard InChI is InChI=1S/C27H27N3O3/c31-26(28-17-20-6-5-7-21(16-20)18-29-12-14-33-15-13-29)19-30-24-10-3-1-8-22(24)27(32)23-9-2-4-11-25(23)30/h1-11,16H,12-15,17-19H2,(H,28,31). The van der Waals surface area contributed by atoms with Gasteiger partial charge in [0.25, 0.3) is 0 Å². The summed E-state index contributed by atoms with van der Waals surface area (Å²) in [6.07, 6.45) is 0. The minimum atomic E-state index is -0.0902. The number of aromatic nitrogens is 1. The molecule has 0 saturated carbocycles. The number of fused-ring (bicyclic) bond motifs is 2. The van der Waals surface area contributed by atoms with Gasteiger partial charge in [0.2, 0.25) is 5.91 Å². The number of nitrogens with one attached hydrogen (secondary N) is 1. The summed E-state index contributed by atoms with van der Waals surface area (Å²) in [4.78, 5) is 28.2. The first-order valence-electron chi connectivity index (χ1n) is 11.3. The van der Waals surface area contributed by atoms with Crippen molar-refractivity contribution >= 4 is 27.7 Å². The van der Waals surface area contributed by atoms with Crippen molar-refractivity contribution < 1.29 is 9.53 Å². The van der Waals surface area contributed by atoms with E-state index in [4.69, 9.17) is 4.74 Å². The van der Waals surface area contributed by atoms with Gasteiger partial charge in [0, 0.05) is 37.0 Å². The summed E-state index contributed by atoms with van der Waals surface area (Å²) in [6.45, 7) is 4.96. The number of benzene rings is 3. The van der Waals surface area contributed by atoms with E-state index in [1.807, 2.05) is 65.2 Å². The van der Waals surface area contributed by atoms with Crippen LogP contribution in [-0.4, -0.2) is 41.7 Å². The molecular weight excluding hydrogens is 414 g/mol. The largest absolute Gasteiger partial charge is 0.379 e. The molecule has 1 aromatic heterocycles. The van der Waals surface area contributed by atoms with Crippen LogP contribution in [0.2, 0.25) is 0 Å². The zero-order chi connectivity index (χ0) is 22.6. The van der Waals surface area contributed by atoms with E-state index in [1.54, 1.807) is 0 Å². The van der Waals surface area contributed by atoms with E-state index in [0.717, 1.165) is 49.4 Å². The van der Waals surface area contributed by atoms with Crippen molar-refractivity contribution in [1.29, 1.82) is 0 Å². The van der Waals surface area contributed by atoms with Crippen molar-refractivity contribution in [3.63, 3.8) is 0 Å². The third kappa shape index (κ3) is 4.67. The normalized spacial score (nSPS) is 14.5. The van der Waals surface area contributed by atoms with Gasteiger partial charge < -0.3 is 14.6 Å². The molecule has 1 aliphatic rings. The molecule has 1 N–H and O–H groups in total. The number of carbonyl (C=O) groups is 1. The monoisotopic (exact) mass is 441 g/mol. The molecule has 0 bridgehead atoms. The van der Waals surface area contributed by atoms with Gasteiger partial charge in [-0.05, 0) is 35.4 Å². The van der Waals surface area contributed by atoms with Gasteiger partial charge in [0.15, 0.2) is 5.43 Å². The number of para-hydroxylation sites is 2. The van der Waals surface area contributed by atoms with Crippen LogP contribution in [0.4, 0.5) is 0 Å². The Kier molecular flexibility index (Phi) is 6.19. The fraction of sp³-hybridized carbons (Fsp3) is 0.259. The van der Waals surface area contributed by atoms with Crippen LogP contribution in [0.1, 0.15) is 11.1 Å². The summed E-state index contributed by atoms with van der Waals surface area (Å²) in [5.74, 6) is -0.0902. The lowest BCUT2D eigenvalue weighted by Gasteiger charge is -2.26. The first-order valence-corrected chi connectivity index (χ1v) is 11.3. The summed E-state index contributed by atoms with van der Waals surface area (Å²) >= 11 is 0. The number of hydrogen-bond donors (Lipinski definition) is 1. The highest BCUT2D eigenvalue weighted by Gasteiger charge is 2.13. The van der Waals surface area contributed by atoms with Gasteiger partial charge in [-0.25, -0.2) is 0 Å². The first kappa shape index (κ1) is 21.4. The molecular formula is C27H27N3O3. The molecule has 5 rings (SSSR count). The maximum Gasteiger partial charge on any atom is 0.240 e. The third-order valence-corrected chi connectivity index (χ3v) is 6.17. The number of rotatable bonds is 6. The van der Waals surface area contributed by atoms with Gasteiger partial charge in [-0.2, -0.15) is 0 Å². The number of nitrogens with zero attached hydrogens (tertiary/aromatic N) is 2. The van der Waals surface area contributed by atoms with E-state index >= 15 is 0 Å². The second-order valence-corrected chi connectivity index (χ2v) is 8.43. The predicted molar refractivity (Wildman–Crippen MR) is 130 cm³/mol. The van der Waals surface area contributed by atoms with E-state index in [-0.39, 0.29) is 17.9 Å². The van der Waals surface area contributed by atoms with Crippen molar-refractivity contribution in [3.8, 4) is 0 Å². The second-order valence-electron chi connectivity index (χ2n) is 8.43. The Morgan fingerprint density at radius 3 is 2.18 bits per heavy atom. The molecule has 6 nitrogen and oxygen atoms in total. The summed E-state index contributed by atoms with van der Waals surface area (Å²) in [5.41, 5.74) is 3.84. The van der Waals surface area contributed by atoms with Crippen molar-refractivity contribution in [2.75, 3.05) is 26.3 Å². The van der Waals surface area contributed by atoms with Gasteiger partial charge in [0.1, 0.15) is 6.54 Å². The Morgan fingerprint density at radius 2 is 1.48 bits per heavy atom. The fourth-order valence-electron chi connectivity index (χ4n) is 4.50. The number of carbonyl (C=O) groups excluding carboxylic acids is 1. The first-order chi connectivity index (χ1) is 16.2. The van der Waals surface area contributed by atoms with Crippen LogP contribution >= 0.6 is 0 Å². The molecule has 2 heterocycles. The lowest BCUT2D eigenvalue weighted by molar-refractivity contribution is -0.121. The minimum absolute atomic E-state index is 0.00468. The van der Waals surface area contributed by atoms with Crippen LogP contribution in [0.15, 0.2) is 77.6 Å². The quantitative estimate of drug-likeness (QED) is 0.467. The van der Waals surface area contributed by atoms with Crippen molar-refractivity contribution in [1.82, 2.24) is 14.8 Å². The molecule has 1 fully saturated rings. The van der Waals surface area contributed by atoms with Gasteiger partial charge in [-0.15, -0.1) is 0 Å². The highest BCUT2D eigenvalue weighted by Crippen LogP contribution is 2.19. The molecule has 0 atom stereocenters. The molecule has 0 spiro atoms. The van der Waals surface area contributed by atoms with Gasteiger partial charge in [-0.3, -0.25) is 14.5 Å². The maximum atomic E-state index is 12.9. The van der Waals surface area contributed by atoms with E-state index in [2.05, 4.69) is 22.3 Å². The Bertz CT molecular complexity index is 1300. The number of hydrogen-bond acceptors (Lipinski definition) is 4. The molecule has 0 aliphatic carbocycles. The van der Waals surface area contributed by atoms with E-state index in [9.17, 15) is 9.59 Å². The molecule has 33 heavy (non-hydrogen) atoms. The van der Waals surface area contributed by atoms with Crippen molar-refractivity contribution in [3.05, 3.63) is 94.1 Å². The molecule has 1 amide bonds. The number of ether oxygens (including phenoxy) is 1. The van der Waals surface area contributed by atoms with E-state index in [0.29, 0.717) is 17.3 Å². The van der Waals surface area contributed by atoms with Crippen LogP contribution < -0.4 is 10.7 Å². The van der Waals surface area contributed by atoms with Crippen LogP contribution in [0.5, 0.6) is 0 Å². The van der Waals surface area contributed by atoms with E-state index in [1.165, 1.54) is 5.56 Å².